The van der Waals surface area contributed by atoms with Gasteiger partial charge in [-0.25, -0.2) is 33.0 Å². The Hall–Kier alpha value is -8.91. The second-order valence-electron chi connectivity index (χ2n) is 21.1. The number of urea groups is 2. The number of fused-ring (bicyclic) bond motifs is 2. The van der Waals surface area contributed by atoms with Gasteiger partial charge in [0.2, 0.25) is 47.1 Å². The average molecular weight is 1480 g/mol. The van der Waals surface area contributed by atoms with Gasteiger partial charge in [-0.1, -0.05) is 10.3 Å². The van der Waals surface area contributed by atoms with E-state index in [1.165, 1.54) is 73.0 Å². The molecule has 96 heavy (non-hydrogen) atoms. The van der Waals surface area contributed by atoms with Crippen molar-refractivity contribution >= 4 is 162 Å². The molecule has 2 fully saturated rings. The van der Waals surface area contributed by atoms with Crippen LogP contribution in [-0.4, -0.2) is 197 Å². The molecule has 1 radical (unpaired) electrons. The molecule has 0 saturated carbocycles. The number of amides is 6. The number of β-lactam (4-membered cyclic amide) rings is 2. The van der Waals surface area contributed by atoms with Gasteiger partial charge in [-0.15, -0.1) is 42.3 Å². The first-order valence-corrected chi connectivity index (χ1v) is 31.9. The van der Waals surface area contributed by atoms with Crippen LogP contribution in [0.5, 0.6) is 0 Å². The number of aromatic nitrogens is 8. The van der Waals surface area contributed by atoms with Crippen molar-refractivity contribution in [1.82, 2.24) is 48.5 Å². The Morgan fingerprint density at radius 1 is 0.677 bits per heavy atom. The standard InChI is InChI=1S/2C24H31N11O8S2.H2O4S.V/c2*1-24(2,21(40)41)43-31-14(17-30-22(27)45-32-17)13(36)6-11-18(37)35-15(20(38)39)10(9-44-19(11)35)7-34-8-12(16(26)33(34)3)29-23(42)28-5-4-25;1-4-5(2)3;/h2*8,11,19,26H,4-7,9,25H2,1-3H3,(H6,27,28,29,30,32,38,39,40,41,42);1H,(H,2,3);/b2*31-14+;;/t2*11-,19-;;/m11../s1. The number of rotatable bonds is 27. The van der Waals surface area contributed by atoms with E-state index in [2.05, 4.69) is 54.6 Å². The summed E-state index contributed by atoms with van der Waals surface area (Å²) in [6, 6.07) is -1.03. The van der Waals surface area contributed by atoms with Gasteiger partial charge in [-0.05, 0) is 27.7 Å². The topological polar surface area (TPSA) is 647 Å². The zero-order chi connectivity index (χ0) is 70.7. The van der Waals surface area contributed by atoms with Gasteiger partial charge in [0.15, 0.2) is 69.4 Å². The number of carbonyl (C=O) groups is 10. The Morgan fingerprint density at radius 2 is 1.02 bits per heavy atom. The number of nitrogens with two attached hydrogens (primary N) is 6. The van der Waals surface area contributed by atoms with Crippen molar-refractivity contribution in [2.24, 2.45) is 47.7 Å². The first-order valence-electron chi connectivity index (χ1n) is 27.2. The molecule has 4 aliphatic rings. The molecule has 4 aromatic heterocycles. The minimum Gasteiger partial charge on any atom is -0.750 e. The van der Waals surface area contributed by atoms with E-state index in [9.17, 15) is 68.4 Å². The summed E-state index contributed by atoms with van der Waals surface area (Å²) < 4.78 is 34.2. The van der Waals surface area contributed by atoms with E-state index in [4.69, 9.17) is 58.1 Å². The van der Waals surface area contributed by atoms with Gasteiger partial charge in [-0.2, -0.15) is 18.7 Å². The third-order valence-electron chi connectivity index (χ3n) is 13.8. The summed E-state index contributed by atoms with van der Waals surface area (Å²) in [5.41, 5.74) is 30.9. The number of anilines is 6. The molecule has 4 aliphatic heterocycles. The number of hydrogen-bond acceptors (Lipinski definition) is 32. The maximum Gasteiger partial charge on any atom is 0.352 e. The molecular weight excluding hydrogens is 1420 g/mol. The van der Waals surface area contributed by atoms with Crippen molar-refractivity contribution < 1.29 is 124 Å². The number of Topliss-reactive ketones (excluding diaryl/α,β-unsaturated/α-hetero) is 2. The molecule has 1 unspecified atom stereocenters. The number of thioether (sulfide) groups is 2. The van der Waals surface area contributed by atoms with Gasteiger partial charge in [0.05, 0.1) is 48.0 Å². The van der Waals surface area contributed by atoms with Crippen LogP contribution in [0.3, 0.4) is 0 Å². The molecule has 8 heterocycles. The SMILES string of the molecule is Cn1c(N)c(NC(=O)NCCN)c[n+]1CC1=C(C(=O)O)N2C(=O)[C@@H](CC(=O)/C(=N\OC(C)(C)C(=O)O)c3nsc(N)n3)[C@H]2SC1.Cn1c(N)c(NC(=O)NCCN)c[n+]1CC1=C(C(=O)O)N2C(=O)[C@@H](CC(=O)/C(=N\OC(C)(C)C(=O)O)c3nsc(N)n3)[C@H]2SC1.O=S([O-])O[O-].[V]. The van der Waals surface area contributed by atoms with Crippen LogP contribution in [0.4, 0.5) is 42.9 Å². The monoisotopic (exact) mass is 1480 g/mol. The Morgan fingerprint density at radius 3 is 1.30 bits per heavy atom. The zero-order valence-corrected chi connectivity index (χ0v) is 56.7. The van der Waals surface area contributed by atoms with Gasteiger partial charge < -0.3 is 89.3 Å². The van der Waals surface area contributed by atoms with E-state index < -0.39 is 129 Å². The molecule has 0 aromatic carbocycles. The van der Waals surface area contributed by atoms with Crippen LogP contribution in [0, 0.1) is 11.8 Å². The van der Waals surface area contributed by atoms with Crippen molar-refractivity contribution in [1.29, 1.82) is 0 Å². The number of nitrogens with zero attached hydrogens (tertiary/aromatic N) is 12. The van der Waals surface area contributed by atoms with Crippen LogP contribution in [0.25, 0.3) is 0 Å². The summed E-state index contributed by atoms with van der Waals surface area (Å²) in [4.78, 5) is 146. The van der Waals surface area contributed by atoms with E-state index >= 15 is 0 Å². The van der Waals surface area contributed by atoms with E-state index in [1.807, 2.05) is 0 Å². The fourth-order valence-corrected chi connectivity index (χ4v) is 12.5. The molecular formula is C48H64N22O20S5V. The molecule has 5 atom stereocenters. The quantitative estimate of drug-likeness (QED) is 0.00665. The second kappa shape index (κ2) is 33.2. The maximum atomic E-state index is 13.3. The van der Waals surface area contributed by atoms with Gasteiger partial charge in [0.1, 0.15) is 11.4 Å². The summed E-state index contributed by atoms with van der Waals surface area (Å²) in [6.07, 6.45) is 2.28. The molecule has 0 aliphatic carbocycles. The molecule has 521 valence electrons. The minimum absolute atomic E-state index is 0. The number of carboxylic acids is 4. The molecule has 20 N–H and O–H groups in total. The first-order chi connectivity index (χ1) is 44.6. The van der Waals surface area contributed by atoms with E-state index in [1.54, 1.807) is 23.5 Å². The second-order valence-corrected chi connectivity index (χ2v) is 25.4. The number of nitrogen functional groups attached to an aromatic ring is 4. The summed E-state index contributed by atoms with van der Waals surface area (Å²) in [5.74, 6) is -9.34. The third kappa shape index (κ3) is 18.3. The number of carbonyl (C=O) groups excluding carboxylic acids is 6. The minimum atomic E-state index is -2.88. The van der Waals surface area contributed by atoms with Crippen molar-refractivity contribution in [2.45, 2.75) is 75.6 Å². The van der Waals surface area contributed by atoms with Crippen LogP contribution in [-0.2, 0) is 109 Å². The van der Waals surface area contributed by atoms with E-state index in [0.717, 1.165) is 32.9 Å². The number of carboxylic acid groups (broad SMARTS) is 4. The number of oxime groups is 2. The van der Waals surface area contributed by atoms with Crippen molar-refractivity contribution in [3.05, 3.63) is 46.6 Å². The smallest absolute Gasteiger partial charge is 0.352 e. The van der Waals surface area contributed by atoms with Crippen LogP contribution in [0.15, 0.2) is 45.2 Å². The normalized spacial score (nSPS) is 17.9. The predicted octanol–water partition coefficient (Wildman–Crippen LogP) is -4.89. The molecule has 42 nitrogen and oxygen atoms in total. The Kier molecular flexibility index (Phi) is 26.9. The first kappa shape index (κ1) is 77.8. The maximum absolute atomic E-state index is 13.3. The fraction of sp³-hybridized carbons (Fsp3) is 0.458. The van der Waals surface area contributed by atoms with Crippen LogP contribution in [0.2, 0.25) is 0 Å². The van der Waals surface area contributed by atoms with Crippen LogP contribution >= 0.6 is 46.6 Å². The third-order valence-corrected chi connectivity index (χ3v) is 17.8. The van der Waals surface area contributed by atoms with E-state index in [0.29, 0.717) is 11.1 Å². The van der Waals surface area contributed by atoms with Crippen molar-refractivity contribution in [2.75, 3.05) is 71.3 Å². The Bertz CT molecular complexity index is 3610. The molecule has 2 saturated heterocycles. The van der Waals surface area contributed by atoms with Crippen LogP contribution in [0.1, 0.15) is 52.2 Å². The molecule has 48 heteroatoms. The molecule has 8 rings (SSSR count). The fourth-order valence-electron chi connectivity index (χ4n) is 8.79. The summed E-state index contributed by atoms with van der Waals surface area (Å²) in [7, 11) is 3.25. The molecule has 4 aromatic rings. The molecule has 0 spiro atoms. The molecule has 0 bridgehead atoms. The van der Waals surface area contributed by atoms with Crippen molar-refractivity contribution in [3.63, 3.8) is 0 Å². The Labute approximate surface area is 572 Å². The van der Waals surface area contributed by atoms with Crippen LogP contribution < -0.4 is 70.3 Å². The number of aliphatic carboxylic acids is 4. The van der Waals surface area contributed by atoms with Gasteiger partial charge in [-0.3, -0.25) is 39.6 Å². The number of nitrogens with one attached hydrogen (secondary N) is 4. The average Bonchev–Trinajstić information content (AvgIpc) is 0.765. The molecule has 6 amide bonds. The van der Waals surface area contributed by atoms with Crippen molar-refractivity contribution in [3.8, 4) is 0 Å². The largest absolute Gasteiger partial charge is 0.750 e. The summed E-state index contributed by atoms with van der Waals surface area (Å²) in [6.45, 7) is 5.99. The van der Waals surface area contributed by atoms with Gasteiger partial charge >= 0.3 is 35.9 Å². The Balaban J connectivity index is 0.000000321. The number of hydrogen-bond donors (Lipinski definition) is 14. The summed E-state index contributed by atoms with van der Waals surface area (Å²) in [5, 5.41) is 63.9. The predicted molar refractivity (Wildman–Crippen MR) is 331 cm³/mol. The van der Waals surface area contributed by atoms with Gasteiger partial charge in [0.25, 0.3) is 0 Å². The van der Waals surface area contributed by atoms with E-state index in [-0.39, 0.29) is 126 Å². The van der Waals surface area contributed by atoms with Gasteiger partial charge in [0, 0.05) is 103 Å². The summed E-state index contributed by atoms with van der Waals surface area (Å²) >= 11 is 1.23. The number of ketones is 2. The zero-order valence-electron chi connectivity index (χ0n) is 51.2.